The van der Waals surface area contributed by atoms with Gasteiger partial charge in [-0.2, -0.15) is 5.26 Å². The maximum Gasteiger partial charge on any atom is 0.165 e. The fourth-order valence-corrected chi connectivity index (χ4v) is 7.30. The minimum Gasteiger partial charge on any atom is -0.504 e. The van der Waals surface area contributed by atoms with Gasteiger partial charge in [0.05, 0.1) is 24.0 Å². The van der Waals surface area contributed by atoms with E-state index >= 15 is 0 Å². The molecule has 6 atom stereocenters. The van der Waals surface area contributed by atoms with Crippen molar-refractivity contribution in [1.82, 2.24) is 4.90 Å². The largest absolute Gasteiger partial charge is 0.504 e. The quantitative estimate of drug-likeness (QED) is 0.755. The lowest BCUT2D eigenvalue weighted by Crippen LogP contribution is -2.77. The molecule has 5 heteroatoms. The van der Waals surface area contributed by atoms with Crippen LogP contribution in [0.4, 0.5) is 0 Å². The lowest BCUT2D eigenvalue weighted by atomic mass is 9.35. The molecule has 134 valence electrons. The molecule has 6 aliphatic rings. The minimum absolute atomic E-state index is 0.102. The first kappa shape index (κ1) is 15.1. The average Bonchev–Trinajstić information content (AvgIpc) is 3.03. The summed E-state index contributed by atoms with van der Waals surface area (Å²) in [6, 6.07) is 6.58. The number of rotatable bonds is 1. The normalized spacial score (nSPS) is 46.6. The number of likely N-dealkylation sites (tertiary alicyclic amines) is 1. The van der Waals surface area contributed by atoms with Gasteiger partial charge in [-0.15, -0.1) is 0 Å². The van der Waals surface area contributed by atoms with Crippen LogP contribution in [0.2, 0.25) is 0 Å². The summed E-state index contributed by atoms with van der Waals surface area (Å²) in [7, 11) is 2.18. The average molecular weight is 350 g/mol. The molecule has 1 aromatic carbocycles. The van der Waals surface area contributed by atoms with Crippen molar-refractivity contribution >= 4 is 0 Å². The number of phenolic OH excluding ortho intramolecular Hbond substituents is 1. The molecular weight excluding hydrogens is 328 g/mol. The number of aliphatic hydroxyl groups excluding tert-OH is 1. The summed E-state index contributed by atoms with van der Waals surface area (Å²) in [6.07, 6.45) is 6.68. The first-order valence-electron chi connectivity index (χ1n) is 9.47. The van der Waals surface area contributed by atoms with E-state index in [2.05, 4.69) is 30.2 Å². The molecular formula is C21H22N2O3. The monoisotopic (exact) mass is 350 g/mol. The van der Waals surface area contributed by atoms with E-state index in [1.54, 1.807) is 6.07 Å². The Morgan fingerprint density at radius 2 is 2.23 bits per heavy atom. The Morgan fingerprint density at radius 1 is 1.38 bits per heavy atom. The van der Waals surface area contributed by atoms with Gasteiger partial charge in [0, 0.05) is 22.4 Å². The van der Waals surface area contributed by atoms with Crippen LogP contribution in [-0.2, 0) is 11.8 Å². The second-order valence-electron chi connectivity index (χ2n) is 8.90. The van der Waals surface area contributed by atoms with Gasteiger partial charge in [-0.1, -0.05) is 18.2 Å². The molecule has 2 spiro atoms. The zero-order valence-corrected chi connectivity index (χ0v) is 14.8. The van der Waals surface area contributed by atoms with Crippen LogP contribution in [0.25, 0.3) is 0 Å². The van der Waals surface area contributed by atoms with Crippen LogP contribution in [0.15, 0.2) is 24.3 Å². The van der Waals surface area contributed by atoms with E-state index in [0.29, 0.717) is 11.8 Å². The van der Waals surface area contributed by atoms with E-state index in [-0.39, 0.29) is 35.2 Å². The second-order valence-corrected chi connectivity index (χ2v) is 8.90. The Bertz CT molecular complexity index is 921. The van der Waals surface area contributed by atoms with Crippen LogP contribution in [0.5, 0.6) is 11.5 Å². The van der Waals surface area contributed by atoms with Crippen molar-refractivity contribution < 1.29 is 14.9 Å². The molecule has 2 aliphatic heterocycles. The number of likely N-dealkylation sites (N-methyl/N-ethyl adjacent to an activating group) is 1. The summed E-state index contributed by atoms with van der Waals surface area (Å²) in [6.45, 7) is 0.863. The maximum absolute atomic E-state index is 10.5. The number of nitriles is 1. The van der Waals surface area contributed by atoms with Crippen LogP contribution in [0, 0.1) is 28.1 Å². The lowest BCUT2D eigenvalue weighted by Gasteiger charge is -2.70. The van der Waals surface area contributed by atoms with Crippen molar-refractivity contribution in [2.24, 2.45) is 16.7 Å². The Hall–Kier alpha value is -2.03. The summed E-state index contributed by atoms with van der Waals surface area (Å²) >= 11 is 0. The number of aromatic hydroxyl groups is 1. The van der Waals surface area contributed by atoms with Gasteiger partial charge in [-0.25, -0.2) is 0 Å². The van der Waals surface area contributed by atoms with Crippen molar-refractivity contribution in [3.63, 3.8) is 0 Å². The fraction of sp³-hybridized carbons (Fsp3) is 0.571. The molecule has 26 heavy (non-hydrogen) atoms. The van der Waals surface area contributed by atoms with Crippen molar-refractivity contribution in [2.75, 3.05) is 20.2 Å². The van der Waals surface area contributed by atoms with Gasteiger partial charge in [0.15, 0.2) is 11.5 Å². The number of ether oxygens (including phenoxy) is 1. The van der Waals surface area contributed by atoms with Crippen LogP contribution < -0.4 is 4.74 Å². The van der Waals surface area contributed by atoms with Gasteiger partial charge in [0.25, 0.3) is 0 Å². The summed E-state index contributed by atoms with van der Waals surface area (Å²) in [4.78, 5) is 2.44. The maximum atomic E-state index is 10.5. The van der Waals surface area contributed by atoms with E-state index in [9.17, 15) is 15.5 Å². The van der Waals surface area contributed by atoms with Crippen molar-refractivity contribution in [1.29, 1.82) is 5.26 Å². The third-order valence-electron chi connectivity index (χ3n) is 8.38. The van der Waals surface area contributed by atoms with Crippen molar-refractivity contribution in [3.8, 4) is 17.6 Å². The summed E-state index contributed by atoms with van der Waals surface area (Å²) in [5.74, 6) is 0.503. The number of nitrogens with zero attached hydrogens (tertiary/aromatic N) is 2. The molecule has 5 nitrogen and oxygen atoms in total. The molecule has 2 fully saturated rings. The molecule has 1 saturated carbocycles. The predicted octanol–water partition coefficient (Wildman–Crippen LogP) is 1.73. The molecule has 0 amide bonds. The molecule has 2 N–H and O–H groups in total. The molecule has 0 unspecified atom stereocenters. The number of hydrogen-bond donors (Lipinski definition) is 2. The van der Waals surface area contributed by atoms with E-state index in [0.717, 1.165) is 31.4 Å². The molecule has 1 saturated heterocycles. The Balaban J connectivity index is 1.75. The van der Waals surface area contributed by atoms with Crippen LogP contribution in [-0.4, -0.2) is 47.5 Å². The van der Waals surface area contributed by atoms with Gasteiger partial charge in [0.1, 0.15) is 6.10 Å². The van der Waals surface area contributed by atoms with Crippen LogP contribution in [0.3, 0.4) is 0 Å². The highest BCUT2D eigenvalue weighted by atomic mass is 16.5. The van der Waals surface area contributed by atoms with Gasteiger partial charge in [-0.05, 0) is 44.5 Å². The third-order valence-corrected chi connectivity index (χ3v) is 8.38. The summed E-state index contributed by atoms with van der Waals surface area (Å²) in [5.41, 5.74) is 1.29. The smallest absolute Gasteiger partial charge is 0.165 e. The fourth-order valence-electron chi connectivity index (χ4n) is 7.30. The van der Waals surface area contributed by atoms with Gasteiger partial charge in [0.2, 0.25) is 0 Å². The first-order chi connectivity index (χ1) is 12.5. The SMILES string of the molecule is CN1CC[C@]23c4c5ccc(O)c4O[C@H]2[C@@]2(CO)C=C[C@@]3(C[C@H]2C#N)[C@H]1C5. The van der Waals surface area contributed by atoms with E-state index in [1.165, 1.54) is 5.56 Å². The topological polar surface area (TPSA) is 76.7 Å². The van der Waals surface area contributed by atoms with Crippen molar-refractivity contribution in [2.45, 2.75) is 36.8 Å². The number of piperidine rings is 1. The standard InChI is InChI=1S/C21H22N2O3/c1-23-7-6-21-16-12-2-3-14(25)17(16)26-18(21)19(11-24)4-5-20(21,15(23)8-12)9-13(19)10-22/h2-5,13,15,18,24-25H,6-9,11H2,1H3/t13-,15+,18-,19+,20+,21-/m0/s1. The van der Waals surface area contributed by atoms with Gasteiger partial charge in [-0.3, -0.25) is 0 Å². The zero-order valence-electron chi connectivity index (χ0n) is 14.8. The number of fused-ring (bicyclic) bond motifs is 1. The van der Waals surface area contributed by atoms with E-state index < -0.39 is 5.41 Å². The summed E-state index contributed by atoms with van der Waals surface area (Å²) in [5, 5.41) is 30.9. The lowest BCUT2D eigenvalue weighted by molar-refractivity contribution is -0.170. The van der Waals surface area contributed by atoms with Gasteiger partial charge < -0.3 is 19.8 Å². The number of benzene rings is 1. The second kappa shape index (κ2) is 4.27. The van der Waals surface area contributed by atoms with Crippen molar-refractivity contribution in [3.05, 3.63) is 35.4 Å². The Morgan fingerprint density at radius 3 is 3.00 bits per heavy atom. The molecule has 0 radical (unpaired) electrons. The molecule has 4 aliphatic carbocycles. The molecule has 1 aromatic rings. The minimum atomic E-state index is -0.697. The highest BCUT2D eigenvalue weighted by molar-refractivity contribution is 5.64. The molecule has 2 heterocycles. The number of aliphatic hydroxyl groups is 1. The predicted molar refractivity (Wildman–Crippen MR) is 93.8 cm³/mol. The van der Waals surface area contributed by atoms with E-state index in [1.807, 2.05) is 6.07 Å². The Kier molecular flexibility index (Phi) is 2.47. The van der Waals surface area contributed by atoms with Gasteiger partial charge >= 0.3 is 0 Å². The molecule has 4 bridgehead atoms. The van der Waals surface area contributed by atoms with Crippen LogP contribution in [0.1, 0.15) is 24.0 Å². The van der Waals surface area contributed by atoms with E-state index in [4.69, 9.17) is 4.74 Å². The summed E-state index contributed by atoms with van der Waals surface area (Å²) < 4.78 is 6.47. The highest BCUT2D eigenvalue weighted by Gasteiger charge is 2.78. The highest BCUT2D eigenvalue weighted by Crippen LogP contribution is 2.75. The molecule has 7 rings (SSSR count). The zero-order chi connectivity index (χ0) is 17.9. The number of hydrogen-bond acceptors (Lipinski definition) is 5. The number of phenols is 1. The first-order valence-corrected chi connectivity index (χ1v) is 9.47. The van der Waals surface area contributed by atoms with Crippen LogP contribution >= 0.6 is 0 Å². The Labute approximate surface area is 152 Å². The third kappa shape index (κ3) is 1.22. The molecule has 0 aromatic heterocycles.